The van der Waals surface area contributed by atoms with Gasteiger partial charge in [-0.05, 0) is 24.3 Å². The number of thioether (sulfide) groups is 1. The Hall–Kier alpha value is -1.44. The number of ether oxygens (including phenoxy) is 1. The van der Waals surface area contributed by atoms with Crippen LogP contribution < -0.4 is 4.74 Å². The molecule has 22 heavy (non-hydrogen) atoms. The summed E-state index contributed by atoms with van der Waals surface area (Å²) in [7, 11) is 1.67. The number of benzene rings is 1. The fourth-order valence-corrected chi connectivity index (χ4v) is 3.85. The molecule has 0 saturated heterocycles. The van der Waals surface area contributed by atoms with Gasteiger partial charge >= 0.3 is 0 Å². The van der Waals surface area contributed by atoms with Crippen molar-refractivity contribution in [3.8, 4) is 16.3 Å². The number of halogens is 1. The molecular weight excluding hydrogens is 382 g/mol. The van der Waals surface area contributed by atoms with E-state index in [2.05, 4.69) is 36.3 Å². The van der Waals surface area contributed by atoms with E-state index in [-0.39, 0.29) is 0 Å². The minimum Gasteiger partial charge on any atom is -0.496 e. The smallest absolute Gasteiger partial charge is 0.187 e. The average Bonchev–Trinajstić information content (AvgIpc) is 3.03. The zero-order valence-corrected chi connectivity index (χ0v) is 14.9. The molecule has 0 unspecified atom stereocenters. The first kappa shape index (κ1) is 15.5. The van der Waals surface area contributed by atoms with E-state index in [1.165, 1.54) is 0 Å². The molecule has 0 radical (unpaired) electrons. The number of hydrogen-bond donors (Lipinski definition) is 0. The topological polar surface area (TPSA) is 47.9 Å². The van der Waals surface area contributed by atoms with E-state index in [1.54, 1.807) is 42.6 Å². The highest BCUT2D eigenvalue weighted by atomic mass is 79.9. The summed E-state index contributed by atoms with van der Waals surface area (Å²) in [5.41, 5.74) is 2.01. The molecule has 3 aromatic rings. The molecule has 0 aliphatic heterocycles. The number of thiazole rings is 1. The van der Waals surface area contributed by atoms with Crippen molar-refractivity contribution in [2.45, 2.75) is 10.9 Å². The molecule has 1 aromatic carbocycles. The zero-order valence-electron chi connectivity index (χ0n) is 11.7. The second-order valence-corrected chi connectivity index (χ2v) is 7.02. The van der Waals surface area contributed by atoms with Gasteiger partial charge in [0.05, 0.1) is 18.4 Å². The van der Waals surface area contributed by atoms with E-state index in [0.29, 0.717) is 0 Å². The largest absolute Gasteiger partial charge is 0.496 e. The van der Waals surface area contributed by atoms with Gasteiger partial charge in [0, 0.05) is 28.0 Å². The highest BCUT2D eigenvalue weighted by molar-refractivity contribution is 9.10. The third-order valence-corrected chi connectivity index (χ3v) is 5.16. The molecule has 4 nitrogen and oxygen atoms in total. The number of methoxy groups -OCH3 is 1. The number of rotatable bonds is 5. The molecule has 0 aliphatic carbocycles. The zero-order chi connectivity index (χ0) is 15.4. The molecule has 2 aromatic heterocycles. The molecule has 7 heteroatoms. The van der Waals surface area contributed by atoms with Crippen LogP contribution in [-0.4, -0.2) is 22.1 Å². The monoisotopic (exact) mass is 393 g/mol. The normalized spacial score (nSPS) is 10.6. The molecule has 0 spiro atoms. The predicted molar refractivity (Wildman–Crippen MR) is 93.4 cm³/mol. The lowest BCUT2D eigenvalue weighted by atomic mass is 10.2. The second kappa shape index (κ2) is 7.21. The number of aromatic nitrogens is 3. The molecule has 0 atom stereocenters. The standard InChI is InChI=1S/C15H12BrN3OS2/c1-20-13-4-3-10(16)7-12(13)14-19-11(8-21-14)9-22-15-17-5-2-6-18-15/h2-8H,9H2,1H3. The van der Waals surface area contributed by atoms with Crippen molar-refractivity contribution in [1.82, 2.24) is 15.0 Å². The molecule has 0 fully saturated rings. The minimum atomic E-state index is 0.747. The van der Waals surface area contributed by atoms with E-state index in [9.17, 15) is 0 Å². The summed E-state index contributed by atoms with van der Waals surface area (Å²) >= 11 is 6.68. The van der Waals surface area contributed by atoms with E-state index in [4.69, 9.17) is 4.74 Å². The maximum absolute atomic E-state index is 5.41. The van der Waals surface area contributed by atoms with Gasteiger partial charge in [0.15, 0.2) is 5.16 Å². The first-order chi connectivity index (χ1) is 10.8. The van der Waals surface area contributed by atoms with Gasteiger partial charge in [-0.3, -0.25) is 0 Å². The van der Waals surface area contributed by atoms with Gasteiger partial charge in [-0.2, -0.15) is 0 Å². The van der Waals surface area contributed by atoms with Crippen LogP contribution in [0.3, 0.4) is 0 Å². The van der Waals surface area contributed by atoms with E-state index >= 15 is 0 Å². The first-order valence-corrected chi connectivity index (χ1v) is 9.10. The molecule has 112 valence electrons. The summed E-state index contributed by atoms with van der Waals surface area (Å²) in [6.45, 7) is 0. The van der Waals surface area contributed by atoms with E-state index in [0.717, 1.165) is 37.4 Å². The van der Waals surface area contributed by atoms with Crippen molar-refractivity contribution >= 4 is 39.0 Å². The van der Waals surface area contributed by atoms with E-state index < -0.39 is 0 Å². The Morgan fingerprint density at radius 2 is 2.09 bits per heavy atom. The third-order valence-electron chi connectivity index (χ3n) is 2.83. The lowest BCUT2D eigenvalue weighted by molar-refractivity contribution is 0.416. The van der Waals surface area contributed by atoms with Crippen molar-refractivity contribution in [3.05, 3.63) is 52.2 Å². The lowest BCUT2D eigenvalue weighted by Gasteiger charge is -2.06. The second-order valence-electron chi connectivity index (χ2n) is 4.31. The quantitative estimate of drug-likeness (QED) is 0.465. The fraction of sp³-hybridized carbons (Fsp3) is 0.133. The van der Waals surface area contributed by atoms with Crippen LogP contribution in [0.4, 0.5) is 0 Å². The summed E-state index contributed by atoms with van der Waals surface area (Å²) in [4.78, 5) is 13.1. The highest BCUT2D eigenvalue weighted by Gasteiger charge is 2.11. The highest BCUT2D eigenvalue weighted by Crippen LogP contribution is 2.35. The molecule has 0 amide bonds. The van der Waals surface area contributed by atoms with Crippen molar-refractivity contribution in [3.63, 3.8) is 0 Å². The van der Waals surface area contributed by atoms with Gasteiger partial charge in [0.1, 0.15) is 10.8 Å². The molecule has 0 N–H and O–H groups in total. The molecule has 0 aliphatic rings. The van der Waals surface area contributed by atoms with Gasteiger partial charge in [-0.25, -0.2) is 15.0 Å². The van der Waals surface area contributed by atoms with Crippen molar-refractivity contribution in [2.75, 3.05) is 7.11 Å². The Bertz CT molecular complexity index is 764. The predicted octanol–water partition coefficient (Wildman–Crippen LogP) is 4.66. The number of hydrogen-bond acceptors (Lipinski definition) is 6. The van der Waals surface area contributed by atoms with Gasteiger partial charge in [0.2, 0.25) is 0 Å². The van der Waals surface area contributed by atoms with Crippen LogP contribution in [0.25, 0.3) is 10.6 Å². The van der Waals surface area contributed by atoms with Crippen LogP contribution in [0, 0.1) is 0 Å². The summed E-state index contributed by atoms with van der Waals surface area (Å²) in [6.07, 6.45) is 3.49. The molecule has 0 saturated carbocycles. The number of nitrogens with zero attached hydrogens (tertiary/aromatic N) is 3. The lowest BCUT2D eigenvalue weighted by Crippen LogP contribution is -1.89. The molecule has 0 bridgehead atoms. The van der Waals surface area contributed by atoms with Crippen molar-refractivity contribution in [2.24, 2.45) is 0 Å². The van der Waals surface area contributed by atoms with Crippen LogP contribution >= 0.6 is 39.0 Å². The molecule has 3 rings (SSSR count). The average molecular weight is 394 g/mol. The third kappa shape index (κ3) is 3.66. The van der Waals surface area contributed by atoms with Gasteiger partial charge in [-0.1, -0.05) is 27.7 Å². The summed E-state index contributed by atoms with van der Waals surface area (Å²) < 4.78 is 6.42. The summed E-state index contributed by atoms with van der Waals surface area (Å²) in [5.74, 6) is 1.57. The van der Waals surface area contributed by atoms with Crippen LogP contribution in [0.5, 0.6) is 5.75 Å². The van der Waals surface area contributed by atoms with Crippen molar-refractivity contribution < 1.29 is 4.74 Å². The van der Waals surface area contributed by atoms with Crippen LogP contribution in [0.1, 0.15) is 5.69 Å². The van der Waals surface area contributed by atoms with Gasteiger partial charge in [-0.15, -0.1) is 11.3 Å². The molecular formula is C15H12BrN3OS2. The first-order valence-electron chi connectivity index (χ1n) is 6.44. The van der Waals surface area contributed by atoms with Gasteiger partial charge in [0.25, 0.3) is 0 Å². The Morgan fingerprint density at radius 1 is 1.27 bits per heavy atom. The SMILES string of the molecule is COc1ccc(Br)cc1-c1nc(CSc2ncccn2)cs1. The summed E-state index contributed by atoms with van der Waals surface area (Å²) in [5, 5.41) is 3.77. The Kier molecular flexibility index (Phi) is 5.07. The molecule has 2 heterocycles. The van der Waals surface area contributed by atoms with Crippen LogP contribution in [-0.2, 0) is 5.75 Å². The van der Waals surface area contributed by atoms with Crippen LogP contribution in [0.2, 0.25) is 0 Å². The van der Waals surface area contributed by atoms with Crippen molar-refractivity contribution in [1.29, 1.82) is 0 Å². The van der Waals surface area contributed by atoms with Gasteiger partial charge < -0.3 is 4.74 Å². The Balaban J connectivity index is 1.78. The Morgan fingerprint density at radius 3 is 2.86 bits per heavy atom. The summed E-state index contributed by atoms with van der Waals surface area (Å²) in [6, 6.07) is 7.73. The van der Waals surface area contributed by atoms with Crippen LogP contribution in [0.15, 0.2) is 51.7 Å². The Labute approximate surface area is 145 Å². The minimum absolute atomic E-state index is 0.747. The maximum atomic E-state index is 5.41. The fourth-order valence-electron chi connectivity index (χ4n) is 1.84. The maximum Gasteiger partial charge on any atom is 0.187 e. The van der Waals surface area contributed by atoms with E-state index in [1.807, 2.05) is 24.3 Å².